The Morgan fingerprint density at radius 1 is 1.39 bits per heavy atom. The molecule has 1 atom stereocenters. The van der Waals surface area contributed by atoms with Gasteiger partial charge in [0.05, 0.1) is 6.04 Å². The van der Waals surface area contributed by atoms with Crippen molar-refractivity contribution < 1.29 is 13.6 Å². The van der Waals surface area contributed by atoms with Gasteiger partial charge < -0.3 is 5.32 Å². The number of rotatable bonds is 3. The predicted molar refractivity (Wildman–Crippen MR) is 58.6 cm³/mol. The Morgan fingerprint density at radius 3 is 2.61 bits per heavy atom. The van der Waals surface area contributed by atoms with Gasteiger partial charge in [-0.25, -0.2) is 13.8 Å². The Hall–Kier alpha value is -2.31. The van der Waals surface area contributed by atoms with Crippen molar-refractivity contribution in [1.29, 1.82) is 0 Å². The molecule has 2 rings (SSSR count). The molecule has 0 aliphatic rings. The van der Waals surface area contributed by atoms with E-state index in [-0.39, 0.29) is 0 Å². The summed E-state index contributed by atoms with van der Waals surface area (Å²) in [6.07, 6.45) is 1.28. The van der Waals surface area contributed by atoms with Crippen molar-refractivity contribution in [2.75, 3.05) is 0 Å². The summed E-state index contributed by atoms with van der Waals surface area (Å²) >= 11 is 0. The highest BCUT2D eigenvalue weighted by Crippen LogP contribution is 2.13. The summed E-state index contributed by atoms with van der Waals surface area (Å²) in [5.74, 6) is -2.25. The third-order valence-electron chi connectivity index (χ3n) is 2.38. The molecule has 2 aromatic rings. The number of carbonyl (C=O) groups excluding carboxylic acids is 1. The van der Waals surface area contributed by atoms with Crippen molar-refractivity contribution in [2.24, 2.45) is 0 Å². The van der Waals surface area contributed by atoms with Gasteiger partial charge in [0.2, 0.25) is 0 Å². The van der Waals surface area contributed by atoms with Crippen LogP contribution < -0.4 is 5.32 Å². The van der Waals surface area contributed by atoms with E-state index in [1.54, 1.807) is 6.92 Å². The Morgan fingerprint density at radius 2 is 2.06 bits per heavy atom. The summed E-state index contributed by atoms with van der Waals surface area (Å²) in [6, 6.07) is 2.72. The third kappa shape index (κ3) is 2.34. The second-order valence-corrected chi connectivity index (χ2v) is 3.66. The van der Waals surface area contributed by atoms with Crippen LogP contribution in [0.4, 0.5) is 8.78 Å². The van der Waals surface area contributed by atoms with Gasteiger partial charge in [0.15, 0.2) is 0 Å². The average molecular weight is 252 g/mol. The fraction of sp³-hybridized carbons (Fsp3) is 0.182. The highest BCUT2D eigenvalue weighted by Gasteiger charge is 2.20. The summed E-state index contributed by atoms with van der Waals surface area (Å²) in [6.45, 7) is 1.62. The number of benzene rings is 1. The molecule has 2 N–H and O–H groups in total. The predicted octanol–water partition coefficient (Wildman–Crippen LogP) is 1.57. The van der Waals surface area contributed by atoms with Crippen LogP contribution in [0.25, 0.3) is 0 Å². The largest absolute Gasteiger partial charge is 0.342 e. The van der Waals surface area contributed by atoms with Crippen LogP contribution in [0.5, 0.6) is 0 Å². The molecular weight excluding hydrogens is 242 g/mol. The first kappa shape index (κ1) is 12.2. The van der Waals surface area contributed by atoms with Gasteiger partial charge in [-0.1, -0.05) is 6.07 Å². The first-order chi connectivity index (χ1) is 8.59. The van der Waals surface area contributed by atoms with Crippen molar-refractivity contribution in [3.8, 4) is 0 Å². The number of H-pyrrole nitrogens is 1. The van der Waals surface area contributed by atoms with Gasteiger partial charge in [-0.3, -0.25) is 9.89 Å². The lowest BCUT2D eigenvalue weighted by molar-refractivity contribution is 0.0930. The minimum absolute atomic E-state index is 0.403. The molecule has 0 aliphatic carbocycles. The van der Waals surface area contributed by atoms with Crippen molar-refractivity contribution in [1.82, 2.24) is 20.5 Å². The van der Waals surface area contributed by atoms with E-state index >= 15 is 0 Å². The number of nitrogens with zero attached hydrogens (tertiary/aromatic N) is 2. The molecule has 0 spiro atoms. The van der Waals surface area contributed by atoms with Crippen LogP contribution in [0.15, 0.2) is 24.5 Å². The zero-order valence-corrected chi connectivity index (χ0v) is 9.45. The molecule has 94 valence electrons. The molecule has 0 fully saturated rings. The summed E-state index contributed by atoms with van der Waals surface area (Å²) in [5.41, 5.74) is -0.608. The number of carbonyl (C=O) groups is 1. The molecule has 0 saturated carbocycles. The van der Waals surface area contributed by atoms with Gasteiger partial charge in [0.25, 0.3) is 5.91 Å². The quantitative estimate of drug-likeness (QED) is 0.871. The van der Waals surface area contributed by atoms with E-state index in [0.717, 1.165) is 12.1 Å². The number of hydrogen-bond acceptors (Lipinski definition) is 3. The fourth-order valence-corrected chi connectivity index (χ4v) is 1.48. The zero-order chi connectivity index (χ0) is 13.1. The summed E-state index contributed by atoms with van der Waals surface area (Å²) < 4.78 is 26.7. The number of aromatic nitrogens is 3. The lowest BCUT2D eigenvalue weighted by Crippen LogP contribution is -2.29. The van der Waals surface area contributed by atoms with E-state index in [2.05, 4.69) is 20.5 Å². The Balaban J connectivity index is 2.18. The van der Waals surface area contributed by atoms with Crippen LogP contribution in [0, 0.1) is 11.6 Å². The zero-order valence-electron chi connectivity index (χ0n) is 9.45. The summed E-state index contributed by atoms with van der Waals surface area (Å²) in [4.78, 5) is 15.6. The lowest BCUT2D eigenvalue weighted by Gasteiger charge is -2.11. The third-order valence-corrected chi connectivity index (χ3v) is 2.38. The van der Waals surface area contributed by atoms with Crippen LogP contribution in [0.1, 0.15) is 29.1 Å². The second-order valence-electron chi connectivity index (χ2n) is 3.66. The highest BCUT2D eigenvalue weighted by molar-refractivity contribution is 5.94. The number of nitrogens with one attached hydrogen (secondary N) is 2. The molecule has 0 bridgehead atoms. The van der Waals surface area contributed by atoms with E-state index < -0.39 is 29.1 Å². The molecule has 1 heterocycles. The molecule has 1 unspecified atom stereocenters. The first-order valence-electron chi connectivity index (χ1n) is 5.19. The van der Waals surface area contributed by atoms with E-state index in [9.17, 15) is 13.6 Å². The highest BCUT2D eigenvalue weighted by atomic mass is 19.1. The standard InChI is InChI=1S/C11H10F2N4O/c1-6(10-14-5-15-17-10)16-11(18)9-7(12)3-2-4-8(9)13/h2-6H,1H3,(H,16,18)(H,14,15,17). The van der Waals surface area contributed by atoms with Crippen molar-refractivity contribution in [2.45, 2.75) is 13.0 Å². The maximum atomic E-state index is 13.4. The Labute approximate surface area is 101 Å². The maximum Gasteiger partial charge on any atom is 0.257 e. The first-order valence-corrected chi connectivity index (χ1v) is 5.19. The van der Waals surface area contributed by atoms with Gasteiger partial charge in [0, 0.05) is 0 Å². The van der Waals surface area contributed by atoms with E-state index in [4.69, 9.17) is 0 Å². The molecule has 1 amide bonds. The minimum Gasteiger partial charge on any atom is -0.342 e. The van der Waals surface area contributed by atoms with Crippen molar-refractivity contribution in [3.05, 3.63) is 47.5 Å². The maximum absolute atomic E-state index is 13.4. The molecule has 1 aromatic heterocycles. The van der Waals surface area contributed by atoms with Gasteiger partial charge in [-0.05, 0) is 19.1 Å². The van der Waals surface area contributed by atoms with Crippen LogP contribution in [0.2, 0.25) is 0 Å². The van der Waals surface area contributed by atoms with E-state index in [1.165, 1.54) is 12.4 Å². The normalized spacial score (nSPS) is 12.2. The SMILES string of the molecule is CC(NC(=O)c1c(F)cccc1F)c1ncn[nH]1. The van der Waals surface area contributed by atoms with Crippen molar-refractivity contribution in [3.63, 3.8) is 0 Å². The summed E-state index contributed by atoms with van der Waals surface area (Å²) in [7, 11) is 0. The number of amides is 1. The summed E-state index contributed by atoms with van der Waals surface area (Å²) in [5, 5.41) is 8.61. The smallest absolute Gasteiger partial charge is 0.257 e. The molecule has 0 aliphatic heterocycles. The van der Waals surface area contributed by atoms with Gasteiger partial charge >= 0.3 is 0 Å². The fourth-order valence-electron chi connectivity index (χ4n) is 1.48. The number of aromatic amines is 1. The molecule has 18 heavy (non-hydrogen) atoms. The Bertz CT molecular complexity index is 536. The Kier molecular flexibility index (Phi) is 3.31. The molecule has 0 radical (unpaired) electrons. The van der Waals surface area contributed by atoms with E-state index in [1.807, 2.05) is 0 Å². The van der Waals surface area contributed by atoms with Crippen LogP contribution in [-0.4, -0.2) is 21.1 Å². The van der Waals surface area contributed by atoms with Gasteiger partial charge in [-0.2, -0.15) is 5.10 Å². The lowest BCUT2D eigenvalue weighted by atomic mass is 10.1. The molecule has 5 nitrogen and oxygen atoms in total. The van der Waals surface area contributed by atoms with Gasteiger partial charge in [-0.15, -0.1) is 0 Å². The number of halogens is 2. The molecule has 0 saturated heterocycles. The van der Waals surface area contributed by atoms with E-state index in [0.29, 0.717) is 5.82 Å². The number of hydrogen-bond donors (Lipinski definition) is 2. The average Bonchev–Trinajstić information content (AvgIpc) is 2.81. The van der Waals surface area contributed by atoms with Crippen LogP contribution in [0.3, 0.4) is 0 Å². The van der Waals surface area contributed by atoms with Crippen molar-refractivity contribution >= 4 is 5.91 Å². The topological polar surface area (TPSA) is 70.7 Å². The van der Waals surface area contributed by atoms with Crippen LogP contribution >= 0.6 is 0 Å². The second kappa shape index (κ2) is 4.91. The molecule has 7 heteroatoms. The van der Waals surface area contributed by atoms with Gasteiger partial charge in [0.1, 0.15) is 29.3 Å². The minimum atomic E-state index is -0.905. The molecule has 1 aromatic carbocycles. The molecular formula is C11H10F2N4O. The monoisotopic (exact) mass is 252 g/mol. The van der Waals surface area contributed by atoms with Crippen LogP contribution in [-0.2, 0) is 0 Å².